The van der Waals surface area contributed by atoms with Crippen molar-refractivity contribution in [2.45, 2.75) is 0 Å². The molecule has 62 heavy (non-hydrogen) atoms. The van der Waals surface area contributed by atoms with E-state index in [0.29, 0.717) is 0 Å². The van der Waals surface area contributed by atoms with Crippen LogP contribution < -0.4 is 0 Å². The molecular weight excluding hydrogens is 757 g/mol. The summed E-state index contributed by atoms with van der Waals surface area (Å²) in [6.07, 6.45) is 0. The monoisotopic (exact) mass is 792 g/mol. The summed E-state index contributed by atoms with van der Waals surface area (Å²) < 4.78 is 9.26. The molecule has 6 heteroatoms. The molecule has 290 valence electrons. The number of hydrogen-bond acceptors (Lipinski definition) is 2. The van der Waals surface area contributed by atoms with Crippen molar-refractivity contribution in [3.63, 3.8) is 0 Å². The Kier molecular flexibility index (Phi) is 7.50. The summed E-state index contributed by atoms with van der Waals surface area (Å²) in [4.78, 5) is 0. The predicted molar refractivity (Wildman–Crippen MR) is 255 cm³/mol. The van der Waals surface area contributed by atoms with Gasteiger partial charge >= 0.3 is 0 Å². The molecule has 13 rings (SSSR count). The summed E-state index contributed by atoms with van der Waals surface area (Å²) in [7, 11) is 0. The highest BCUT2D eigenvalue weighted by Crippen LogP contribution is 2.43. The third-order valence-electron chi connectivity index (χ3n) is 12.5. The van der Waals surface area contributed by atoms with Crippen LogP contribution in [0.3, 0.4) is 0 Å². The van der Waals surface area contributed by atoms with Crippen molar-refractivity contribution in [2.75, 3.05) is 0 Å². The molecule has 0 radical (unpaired) electrons. The molecule has 13 aromatic rings. The van der Waals surface area contributed by atoms with Crippen molar-refractivity contribution in [3.05, 3.63) is 218 Å². The van der Waals surface area contributed by atoms with Crippen molar-refractivity contribution in [3.8, 4) is 45.3 Å². The first-order chi connectivity index (χ1) is 30.8. The van der Waals surface area contributed by atoms with Crippen LogP contribution in [0.4, 0.5) is 0 Å². The fraction of sp³-hybridized carbons (Fsp3) is 0. The van der Waals surface area contributed by atoms with Gasteiger partial charge in [0.2, 0.25) is 0 Å². The van der Waals surface area contributed by atoms with E-state index in [0.717, 1.165) is 67.3 Å². The average molecular weight is 793 g/mol. The number of para-hydroxylation sites is 4. The molecule has 0 aliphatic rings. The van der Waals surface area contributed by atoms with E-state index in [2.05, 4.69) is 208 Å². The summed E-state index contributed by atoms with van der Waals surface area (Å²) in [5.74, 6) is 0. The predicted octanol–water partition coefficient (Wildman–Crippen LogP) is 13.9. The second kappa shape index (κ2) is 13.5. The molecule has 6 nitrogen and oxygen atoms in total. The number of aromatic nitrogens is 6. The topological polar surface area (TPSA) is 45.5 Å². The number of rotatable bonds is 6. The van der Waals surface area contributed by atoms with Crippen molar-refractivity contribution in [1.82, 2.24) is 28.7 Å². The largest absolute Gasteiger partial charge is 0.309 e. The van der Waals surface area contributed by atoms with E-state index < -0.39 is 0 Å². The first kappa shape index (κ1) is 34.4. The molecule has 4 aromatic heterocycles. The van der Waals surface area contributed by atoms with Gasteiger partial charge in [-0.25, -0.2) is 4.68 Å². The van der Waals surface area contributed by atoms with Crippen molar-refractivity contribution < 1.29 is 0 Å². The second-order valence-electron chi connectivity index (χ2n) is 15.9. The van der Waals surface area contributed by atoms with Crippen LogP contribution in [0.5, 0.6) is 0 Å². The third-order valence-corrected chi connectivity index (χ3v) is 12.5. The summed E-state index contributed by atoms with van der Waals surface area (Å²) >= 11 is 0. The van der Waals surface area contributed by atoms with Crippen LogP contribution in [0.1, 0.15) is 0 Å². The molecule has 0 aliphatic heterocycles. The van der Waals surface area contributed by atoms with E-state index in [-0.39, 0.29) is 0 Å². The van der Waals surface area contributed by atoms with Crippen molar-refractivity contribution in [2.24, 2.45) is 0 Å². The van der Waals surface area contributed by atoms with Gasteiger partial charge < -0.3 is 13.7 Å². The number of fused-ring (bicyclic) bond motifs is 10. The summed E-state index contributed by atoms with van der Waals surface area (Å²) in [6.45, 7) is 0. The average Bonchev–Trinajstić information content (AvgIpc) is 4.11. The first-order valence-corrected chi connectivity index (χ1v) is 21.0. The number of hydrogen-bond donors (Lipinski definition) is 0. The molecule has 0 bridgehead atoms. The lowest BCUT2D eigenvalue weighted by Gasteiger charge is -2.14. The van der Waals surface area contributed by atoms with Crippen LogP contribution in [-0.4, -0.2) is 28.7 Å². The lowest BCUT2D eigenvalue weighted by Crippen LogP contribution is -2.01. The fourth-order valence-corrected chi connectivity index (χ4v) is 9.88. The molecular formula is C56H36N6. The van der Waals surface area contributed by atoms with Gasteiger partial charge in [0.1, 0.15) is 11.4 Å². The highest BCUT2D eigenvalue weighted by atomic mass is 15.4. The maximum Gasteiger partial charge on any atom is 0.121 e. The Morgan fingerprint density at radius 3 is 1.53 bits per heavy atom. The smallest absolute Gasteiger partial charge is 0.121 e. The van der Waals surface area contributed by atoms with Crippen molar-refractivity contribution in [1.29, 1.82) is 0 Å². The van der Waals surface area contributed by atoms with E-state index >= 15 is 0 Å². The van der Waals surface area contributed by atoms with Gasteiger partial charge in [-0.2, -0.15) is 0 Å². The number of benzene rings is 9. The highest BCUT2D eigenvalue weighted by molar-refractivity contribution is 6.26. The van der Waals surface area contributed by atoms with Gasteiger partial charge in [0.25, 0.3) is 0 Å². The van der Waals surface area contributed by atoms with Gasteiger partial charge in [-0.05, 0) is 66.7 Å². The molecule has 0 saturated heterocycles. The molecule has 4 heterocycles. The zero-order valence-electron chi connectivity index (χ0n) is 33.5. The van der Waals surface area contributed by atoms with Gasteiger partial charge in [0.15, 0.2) is 0 Å². The lowest BCUT2D eigenvalue weighted by atomic mass is 10.0. The molecule has 0 fully saturated rings. The molecule has 0 N–H and O–H groups in total. The Labute approximate surface area is 356 Å². The van der Waals surface area contributed by atoms with E-state index in [1.54, 1.807) is 0 Å². The summed E-state index contributed by atoms with van der Waals surface area (Å²) in [6, 6.07) is 78.1. The Morgan fingerprint density at radius 1 is 0.306 bits per heavy atom. The Bertz CT molecular complexity index is 3850. The second-order valence-corrected chi connectivity index (χ2v) is 15.9. The van der Waals surface area contributed by atoms with Gasteiger partial charge in [-0.15, -0.1) is 5.10 Å². The van der Waals surface area contributed by atoms with Crippen LogP contribution >= 0.6 is 0 Å². The van der Waals surface area contributed by atoms with Gasteiger partial charge in [-0.3, -0.25) is 0 Å². The van der Waals surface area contributed by atoms with Crippen LogP contribution in [0.25, 0.3) is 111 Å². The zero-order valence-corrected chi connectivity index (χ0v) is 33.5. The highest BCUT2D eigenvalue weighted by Gasteiger charge is 2.23. The van der Waals surface area contributed by atoms with E-state index in [1.807, 2.05) is 28.9 Å². The standard InChI is InChI=1S/C56H36N6/c1-4-17-37(18-5-1)54-55(38-19-6-2-7-20-38)62(58-57-54)42-31-32-45-43-25-10-13-28-48(43)60(52(45)36-42)41-24-16-23-40(35-41)59-50-30-15-12-27-47(50)53-51(59)34-33-46-44-26-11-14-29-49(44)61(56(46)53)39-21-8-3-9-22-39/h1-36H. The first-order valence-electron chi connectivity index (χ1n) is 21.0. The summed E-state index contributed by atoms with van der Waals surface area (Å²) in [5, 5.41) is 16.9. The normalized spacial score (nSPS) is 11.9. The van der Waals surface area contributed by atoms with Crippen LogP contribution in [0, 0.1) is 0 Å². The molecule has 0 spiro atoms. The van der Waals surface area contributed by atoms with E-state index in [9.17, 15) is 0 Å². The van der Waals surface area contributed by atoms with E-state index in [1.165, 1.54) is 43.4 Å². The number of nitrogens with zero attached hydrogens (tertiary/aromatic N) is 6. The maximum absolute atomic E-state index is 4.82. The van der Waals surface area contributed by atoms with Gasteiger partial charge in [-0.1, -0.05) is 157 Å². The molecule has 0 saturated carbocycles. The third kappa shape index (κ3) is 5.04. The Hall–Kier alpha value is -8.48. The Balaban J connectivity index is 1.04. The van der Waals surface area contributed by atoms with Crippen LogP contribution in [0.15, 0.2) is 218 Å². The quantitative estimate of drug-likeness (QED) is 0.168. The fourth-order valence-electron chi connectivity index (χ4n) is 9.88. The minimum absolute atomic E-state index is 0.845. The minimum atomic E-state index is 0.845. The zero-order chi connectivity index (χ0) is 40.7. The molecule has 0 atom stereocenters. The van der Waals surface area contributed by atoms with Crippen molar-refractivity contribution >= 4 is 65.4 Å². The molecule has 0 amide bonds. The SMILES string of the molecule is c1ccc(-c2nnn(-c3ccc4c5ccccc5n(-c5cccc(-n6c7ccccc7c7c6ccc6c8ccccc8n(-c8ccccc8)c67)c5)c4c3)c2-c2ccccc2)cc1. The van der Waals surface area contributed by atoms with Crippen LogP contribution in [0.2, 0.25) is 0 Å². The minimum Gasteiger partial charge on any atom is -0.309 e. The Morgan fingerprint density at radius 2 is 0.823 bits per heavy atom. The summed E-state index contributed by atoms with van der Waals surface area (Å²) in [5.41, 5.74) is 15.1. The molecule has 0 unspecified atom stereocenters. The molecule has 0 aliphatic carbocycles. The maximum atomic E-state index is 4.82. The van der Waals surface area contributed by atoms with E-state index in [4.69, 9.17) is 10.3 Å². The van der Waals surface area contributed by atoms with Gasteiger partial charge in [0.05, 0.1) is 38.8 Å². The van der Waals surface area contributed by atoms with Gasteiger partial charge in [0, 0.05) is 60.5 Å². The molecule has 9 aromatic carbocycles. The lowest BCUT2D eigenvalue weighted by molar-refractivity contribution is 0.809. The van der Waals surface area contributed by atoms with Crippen LogP contribution in [-0.2, 0) is 0 Å².